The molecule has 1 saturated heterocycles. The van der Waals surface area contributed by atoms with Crippen LogP contribution >= 0.6 is 15.9 Å². The maximum atomic E-state index is 5.82. The summed E-state index contributed by atoms with van der Waals surface area (Å²) < 4.78 is 6.96. The molecule has 1 aromatic carbocycles. The van der Waals surface area contributed by atoms with E-state index in [1.54, 1.807) is 0 Å². The van der Waals surface area contributed by atoms with E-state index in [2.05, 4.69) is 39.4 Å². The largest absolute Gasteiger partial charge is 0.363 e. The van der Waals surface area contributed by atoms with Crippen LogP contribution in [0.5, 0.6) is 0 Å². The van der Waals surface area contributed by atoms with Crippen molar-refractivity contribution in [1.29, 1.82) is 0 Å². The molecule has 1 fully saturated rings. The van der Waals surface area contributed by atoms with Crippen molar-refractivity contribution in [1.82, 2.24) is 5.32 Å². The standard InChI is InChI=1S/C10H10BrNO/c11-8-2-1-7-4-13-10(5-12-6-10)9(7)3-8/h1-3,12H,4-6H2. The summed E-state index contributed by atoms with van der Waals surface area (Å²) in [5.74, 6) is 0. The Morgan fingerprint density at radius 1 is 1.38 bits per heavy atom. The number of rotatable bonds is 0. The van der Waals surface area contributed by atoms with Crippen LogP contribution in [0.1, 0.15) is 11.1 Å². The van der Waals surface area contributed by atoms with Gasteiger partial charge in [-0.25, -0.2) is 0 Å². The van der Waals surface area contributed by atoms with Gasteiger partial charge in [0, 0.05) is 17.6 Å². The van der Waals surface area contributed by atoms with Crippen molar-refractivity contribution in [2.75, 3.05) is 13.1 Å². The lowest BCUT2D eigenvalue weighted by atomic mass is 9.87. The van der Waals surface area contributed by atoms with Gasteiger partial charge in [0.15, 0.2) is 0 Å². The maximum Gasteiger partial charge on any atom is 0.119 e. The number of hydrogen-bond acceptors (Lipinski definition) is 2. The van der Waals surface area contributed by atoms with Crippen molar-refractivity contribution in [3.05, 3.63) is 33.8 Å². The van der Waals surface area contributed by atoms with Gasteiger partial charge in [0.05, 0.1) is 6.61 Å². The predicted octanol–water partition coefficient (Wildman–Crippen LogP) is 1.78. The van der Waals surface area contributed by atoms with Crippen LogP contribution in [-0.4, -0.2) is 13.1 Å². The van der Waals surface area contributed by atoms with Crippen molar-refractivity contribution >= 4 is 15.9 Å². The molecule has 2 aliphatic rings. The Balaban J connectivity index is 2.14. The molecule has 0 saturated carbocycles. The number of ether oxygens (including phenoxy) is 1. The Kier molecular flexibility index (Phi) is 1.57. The first-order chi connectivity index (χ1) is 6.30. The quantitative estimate of drug-likeness (QED) is 0.746. The Labute approximate surface area is 85.4 Å². The number of fused-ring (bicyclic) bond motifs is 2. The molecule has 3 heteroatoms. The fourth-order valence-corrected chi connectivity index (χ4v) is 2.40. The molecular weight excluding hydrogens is 230 g/mol. The highest BCUT2D eigenvalue weighted by atomic mass is 79.9. The fraction of sp³-hybridized carbons (Fsp3) is 0.400. The Hall–Kier alpha value is -0.380. The Morgan fingerprint density at radius 3 is 2.92 bits per heavy atom. The van der Waals surface area contributed by atoms with Crippen LogP contribution in [0.2, 0.25) is 0 Å². The lowest BCUT2D eigenvalue weighted by molar-refractivity contribution is -0.0747. The molecule has 68 valence electrons. The van der Waals surface area contributed by atoms with Crippen LogP contribution < -0.4 is 5.32 Å². The summed E-state index contributed by atoms with van der Waals surface area (Å²) in [5.41, 5.74) is 2.70. The third kappa shape index (κ3) is 1.01. The van der Waals surface area contributed by atoms with E-state index in [0.717, 1.165) is 24.2 Å². The SMILES string of the molecule is Brc1ccc2c(c1)C1(CNC1)OC2. The molecule has 2 nitrogen and oxygen atoms in total. The van der Waals surface area contributed by atoms with Gasteiger partial charge < -0.3 is 10.1 Å². The van der Waals surface area contributed by atoms with Crippen LogP contribution in [-0.2, 0) is 16.9 Å². The van der Waals surface area contributed by atoms with Gasteiger partial charge in [0.1, 0.15) is 5.60 Å². The Morgan fingerprint density at radius 2 is 2.23 bits per heavy atom. The van der Waals surface area contributed by atoms with E-state index < -0.39 is 0 Å². The van der Waals surface area contributed by atoms with Gasteiger partial charge in [-0.05, 0) is 23.3 Å². The summed E-state index contributed by atoms with van der Waals surface area (Å²) in [7, 11) is 0. The van der Waals surface area contributed by atoms with Gasteiger partial charge in [0.2, 0.25) is 0 Å². The summed E-state index contributed by atoms with van der Waals surface area (Å²) in [6.07, 6.45) is 0. The smallest absolute Gasteiger partial charge is 0.119 e. The molecule has 1 spiro atoms. The molecular formula is C10H10BrNO. The average Bonchev–Trinajstić information content (AvgIpc) is 2.41. The third-order valence-electron chi connectivity index (χ3n) is 2.89. The molecule has 0 aliphatic carbocycles. The molecule has 0 aromatic heterocycles. The highest BCUT2D eigenvalue weighted by molar-refractivity contribution is 9.10. The molecule has 0 unspecified atom stereocenters. The van der Waals surface area contributed by atoms with E-state index in [-0.39, 0.29) is 5.60 Å². The highest BCUT2D eigenvalue weighted by Gasteiger charge is 2.45. The minimum Gasteiger partial charge on any atom is -0.363 e. The summed E-state index contributed by atoms with van der Waals surface area (Å²) in [5, 5.41) is 3.26. The first-order valence-corrected chi connectivity index (χ1v) is 5.23. The van der Waals surface area contributed by atoms with Gasteiger partial charge in [-0.2, -0.15) is 0 Å². The van der Waals surface area contributed by atoms with Crippen molar-refractivity contribution in [2.24, 2.45) is 0 Å². The second-order valence-corrected chi connectivity index (χ2v) is 4.60. The fourth-order valence-electron chi connectivity index (χ4n) is 2.04. The number of nitrogens with one attached hydrogen (secondary N) is 1. The average molecular weight is 240 g/mol. The number of benzene rings is 1. The van der Waals surface area contributed by atoms with Crippen LogP contribution in [0, 0.1) is 0 Å². The van der Waals surface area contributed by atoms with Crippen molar-refractivity contribution in [3.63, 3.8) is 0 Å². The molecule has 2 aliphatic heterocycles. The maximum absolute atomic E-state index is 5.82. The number of hydrogen-bond donors (Lipinski definition) is 1. The van der Waals surface area contributed by atoms with E-state index in [4.69, 9.17) is 4.74 Å². The second-order valence-electron chi connectivity index (χ2n) is 3.69. The normalized spacial score (nSPS) is 22.8. The summed E-state index contributed by atoms with van der Waals surface area (Å²) in [4.78, 5) is 0. The summed E-state index contributed by atoms with van der Waals surface area (Å²) in [6.45, 7) is 2.68. The van der Waals surface area contributed by atoms with Gasteiger partial charge in [-0.1, -0.05) is 22.0 Å². The van der Waals surface area contributed by atoms with Crippen LogP contribution in [0.4, 0.5) is 0 Å². The minimum atomic E-state index is -0.000880. The van der Waals surface area contributed by atoms with E-state index in [0.29, 0.717) is 0 Å². The third-order valence-corrected chi connectivity index (χ3v) is 3.38. The van der Waals surface area contributed by atoms with Gasteiger partial charge >= 0.3 is 0 Å². The van der Waals surface area contributed by atoms with Gasteiger partial charge in [0.25, 0.3) is 0 Å². The van der Waals surface area contributed by atoms with Crippen molar-refractivity contribution in [3.8, 4) is 0 Å². The predicted molar refractivity (Wildman–Crippen MR) is 53.5 cm³/mol. The zero-order valence-corrected chi connectivity index (χ0v) is 8.73. The first kappa shape index (κ1) is 7.97. The van der Waals surface area contributed by atoms with E-state index >= 15 is 0 Å². The zero-order chi connectivity index (χ0) is 8.89. The van der Waals surface area contributed by atoms with Gasteiger partial charge in [-0.15, -0.1) is 0 Å². The molecule has 0 bridgehead atoms. The Bertz CT molecular complexity index is 360. The zero-order valence-electron chi connectivity index (χ0n) is 7.14. The molecule has 1 aromatic rings. The molecule has 0 amide bonds. The number of halogens is 1. The van der Waals surface area contributed by atoms with E-state index in [1.165, 1.54) is 11.1 Å². The lowest BCUT2D eigenvalue weighted by Crippen LogP contribution is -2.56. The topological polar surface area (TPSA) is 21.3 Å². The molecule has 2 heterocycles. The van der Waals surface area contributed by atoms with E-state index in [1.807, 2.05) is 0 Å². The molecule has 0 atom stereocenters. The summed E-state index contributed by atoms with van der Waals surface area (Å²) in [6, 6.07) is 6.41. The molecule has 13 heavy (non-hydrogen) atoms. The van der Waals surface area contributed by atoms with Gasteiger partial charge in [-0.3, -0.25) is 0 Å². The molecule has 0 radical (unpaired) electrons. The molecule has 3 rings (SSSR count). The van der Waals surface area contributed by atoms with Crippen LogP contribution in [0.15, 0.2) is 22.7 Å². The van der Waals surface area contributed by atoms with Crippen LogP contribution in [0.25, 0.3) is 0 Å². The highest BCUT2D eigenvalue weighted by Crippen LogP contribution is 2.40. The monoisotopic (exact) mass is 239 g/mol. The van der Waals surface area contributed by atoms with Crippen molar-refractivity contribution in [2.45, 2.75) is 12.2 Å². The molecule has 1 N–H and O–H groups in total. The van der Waals surface area contributed by atoms with Crippen LogP contribution in [0.3, 0.4) is 0 Å². The minimum absolute atomic E-state index is 0.000880. The first-order valence-electron chi connectivity index (χ1n) is 4.44. The van der Waals surface area contributed by atoms with Crippen molar-refractivity contribution < 1.29 is 4.74 Å². The summed E-state index contributed by atoms with van der Waals surface area (Å²) >= 11 is 3.49. The second kappa shape index (κ2) is 2.56. The lowest BCUT2D eigenvalue weighted by Gasteiger charge is -2.39. The van der Waals surface area contributed by atoms with E-state index in [9.17, 15) is 0 Å².